The number of hydrogen-bond acceptors (Lipinski definition) is 3. The second-order valence-corrected chi connectivity index (χ2v) is 7.66. The highest BCUT2D eigenvalue weighted by Crippen LogP contribution is 2.33. The van der Waals surface area contributed by atoms with Gasteiger partial charge in [-0.2, -0.15) is 0 Å². The van der Waals surface area contributed by atoms with Crippen LogP contribution in [0.4, 0.5) is 10.5 Å². The molecule has 0 saturated carbocycles. The van der Waals surface area contributed by atoms with Crippen LogP contribution in [0.1, 0.15) is 49.8 Å². The molecule has 6 nitrogen and oxygen atoms in total. The number of anilines is 1. The minimum atomic E-state index is -0.142. The van der Waals surface area contributed by atoms with Crippen molar-refractivity contribution in [2.24, 2.45) is 0 Å². The number of likely N-dealkylation sites (tertiary alicyclic amines) is 1. The number of amides is 2. The summed E-state index contributed by atoms with van der Waals surface area (Å²) in [5, 5.41) is 12.6. The van der Waals surface area contributed by atoms with Gasteiger partial charge in [0.05, 0.1) is 16.1 Å². The molecule has 1 N–H and O–H groups in total. The van der Waals surface area contributed by atoms with Crippen LogP contribution in [0, 0.1) is 0 Å². The van der Waals surface area contributed by atoms with Crippen molar-refractivity contribution in [3.63, 3.8) is 0 Å². The largest absolute Gasteiger partial charge is 0.322 e. The summed E-state index contributed by atoms with van der Waals surface area (Å²) in [6.45, 7) is 1.65. The van der Waals surface area contributed by atoms with E-state index < -0.39 is 0 Å². The average molecular weight is 394 g/mol. The molecule has 26 heavy (non-hydrogen) atoms. The number of aryl methyl sites for hydroxylation is 1. The van der Waals surface area contributed by atoms with E-state index in [-0.39, 0.29) is 12.1 Å². The van der Waals surface area contributed by atoms with Crippen molar-refractivity contribution >= 4 is 34.9 Å². The van der Waals surface area contributed by atoms with Crippen LogP contribution < -0.4 is 5.32 Å². The highest BCUT2D eigenvalue weighted by atomic mass is 35.5. The van der Waals surface area contributed by atoms with E-state index in [1.165, 1.54) is 6.42 Å². The molecule has 1 aromatic heterocycles. The quantitative estimate of drug-likeness (QED) is 0.805. The second kappa shape index (κ2) is 7.45. The molecule has 2 aliphatic heterocycles. The molecule has 2 aromatic rings. The third-order valence-corrected chi connectivity index (χ3v) is 5.86. The molecule has 0 bridgehead atoms. The van der Waals surface area contributed by atoms with Crippen molar-refractivity contribution in [1.82, 2.24) is 19.7 Å². The fraction of sp³-hybridized carbons (Fsp3) is 0.500. The standard InChI is InChI=1S/C18H21Cl2N5O/c19-13-8-7-12(11-14(13)20)21-18(26)24-10-4-5-15(24)17-23-22-16-6-2-1-3-9-25(16)17/h7-8,11,15H,1-6,9-10H2,(H,21,26)/t15-/m1/s1. The molecule has 2 aliphatic rings. The van der Waals surface area contributed by atoms with E-state index >= 15 is 0 Å². The number of benzene rings is 1. The van der Waals surface area contributed by atoms with E-state index in [2.05, 4.69) is 20.1 Å². The molecule has 0 aliphatic carbocycles. The minimum absolute atomic E-state index is 0.0304. The molecular weight excluding hydrogens is 373 g/mol. The number of nitrogens with one attached hydrogen (secondary N) is 1. The van der Waals surface area contributed by atoms with Gasteiger partial charge in [0.1, 0.15) is 5.82 Å². The van der Waals surface area contributed by atoms with Gasteiger partial charge in [-0.15, -0.1) is 10.2 Å². The van der Waals surface area contributed by atoms with E-state index in [9.17, 15) is 4.79 Å². The third kappa shape index (κ3) is 3.40. The molecule has 3 heterocycles. The van der Waals surface area contributed by atoms with E-state index in [0.717, 1.165) is 50.3 Å². The SMILES string of the molecule is O=C(Nc1ccc(Cl)c(Cl)c1)N1CCC[C@@H]1c1nnc2n1CCCCC2. The van der Waals surface area contributed by atoms with Crippen molar-refractivity contribution in [1.29, 1.82) is 0 Å². The summed E-state index contributed by atoms with van der Waals surface area (Å²) in [5.41, 5.74) is 0.634. The molecule has 1 aromatic carbocycles. The molecule has 4 rings (SSSR count). The van der Waals surface area contributed by atoms with Crippen LogP contribution in [0.3, 0.4) is 0 Å². The topological polar surface area (TPSA) is 63.1 Å². The second-order valence-electron chi connectivity index (χ2n) is 6.85. The first kappa shape index (κ1) is 17.6. The Balaban J connectivity index is 1.54. The molecule has 1 fully saturated rings. The Kier molecular flexibility index (Phi) is 5.05. The number of aromatic nitrogens is 3. The average Bonchev–Trinajstić information content (AvgIpc) is 3.19. The minimum Gasteiger partial charge on any atom is -0.314 e. The van der Waals surface area contributed by atoms with Crippen molar-refractivity contribution < 1.29 is 4.79 Å². The smallest absolute Gasteiger partial charge is 0.314 e. The lowest BCUT2D eigenvalue weighted by atomic mass is 10.2. The number of fused-ring (bicyclic) bond motifs is 1. The molecule has 2 amide bonds. The Labute approximate surface area is 162 Å². The summed E-state index contributed by atoms with van der Waals surface area (Å²) in [4.78, 5) is 14.7. The van der Waals surface area contributed by atoms with Gasteiger partial charge in [-0.1, -0.05) is 29.6 Å². The summed E-state index contributed by atoms with van der Waals surface area (Å²) >= 11 is 12.0. The van der Waals surface area contributed by atoms with Crippen molar-refractivity contribution in [3.05, 3.63) is 39.9 Å². The van der Waals surface area contributed by atoms with Crippen LogP contribution in [-0.4, -0.2) is 32.2 Å². The van der Waals surface area contributed by atoms with Crippen molar-refractivity contribution in [2.45, 2.75) is 51.1 Å². The van der Waals surface area contributed by atoms with Crippen LogP contribution >= 0.6 is 23.2 Å². The van der Waals surface area contributed by atoms with Gasteiger partial charge in [0.25, 0.3) is 0 Å². The molecule has 1 saturated heterocycles. The summed E-state index contributed by atoms with van der Waals surface area (Å²) < 4.78 is 2.22. The lowest BCUT2D eigenvalue weighted by Gasteiger charge is -2.25. The Morgan fingerprint density at radius 1 is 1.08 bits per heavy atom. The molecule has 0 radical (unpaired) electrons. The number of carbonyl (C=O) groups is 1. The summed E-state index contributed by atoms with van der Waals surface area (Å²) in [7, 11) is 0. The van der Waals surface area contributed by atoms with Gasteiger partial charge in [-0.05, 0) is 43.9 Å². The van der Waals surface area contributed by atoms with Gasteiger partial charge in [-0.25, -0.2) is 4.79 Å². The number of carbonyl (C=O) groups excluding carboxylic acids is 1. The maximum absolute atomic E-state index is 12.8. The number of rotatable bonds is 2. The Morgan fingerprint density at radius 3 is 2.81 bits per heavy atom. The van der Waals surface area contributed by atoms with E-state index in [1.807, 2.05) is 4.90 Å². The summed E-state index contributed by atoms with van der Waals surface area (Å²) in [6, 6.07) is 4.92. The van der Waals surface area contributed by atoms with E-state index in [0.29, 0.717) is 22.3 Å². The molecular formula is C18H21Cl2N5O. The van der Waals surface area contributed by atoms with Gasteiger partial charge in [0.2, 0.25) is 0 Å². The highest BCUT2D eigenvalue weighted by Gasteiger charge is 2.34. The predicted octanol–water partition coefficient (Wildman–Crippen LogP) is 4.68. The maximum atomic E-state index is 12.8. The Hall–Kier alpha value is -1.79. The third-order valence-electron chi connectivity index (χ3n) is 5.12. The van der Waals surface area contributed by atoms with Crippen LogP contribution in [0.5, 0.6) is 0 Å². The highest BCUT2D eigenvalue weighted by molar-refractivity contribution is 6.42. The Bertz CT molecular complexity index is 822. The fourth-order valence-corrected chi connectivity index (χ4v) is 4.10. The van der Waals surface area contributed by atoms with Crippen molar-refractivity contribution in [3.8, 4) is 0 Å². The van der Waals surface area contributed by atoms with E-state index in [4.69, 9.17) is 23.2 Å². The Morgan fingerprint density at radius 2 is 1.96 bits per heavy atom. The summed E-state index contributed by atoms with van der Waals surface area (Å²) in [6.07, 6.45) is 6.35. The van der Waals surface area contributed by atoms with Crippen LogP contribution in [0.2, 0.25) is 10.0 Å². The lowest BCUT2D eigenvalue weighted by molar-refractivity contribution is 0.203. The lowest BCUT2D eigenvalue weighted by Crippen LogP contribution is -2.35. The van der Waals surface area contributed by atoms with Crippen LogP contribution in [0.15, 0.2) is 18.2 Å². The molecule has 8 heteroatoms. The number of halogens is 2. The van der Waals surface area contributed by atoms with Gasteiger partial charge in [0, 0.05) is 25.2 Å². The zero-order chi connectivity index (χ0) is 18.1. The van der Waals surface area contributed by atoms with E-state index in [1.54, 1.807) is 18.2 Å². The normalized spacial score (nSPS) is 19.9. The molecule has 1 atom stereocenters. The van der Waals surface area contributed by atoms with Gasteiger partial charge < -0.3 is 14.8 Å². The van der Waals surface area contributed by atoms with Crippen molar-refractivity contribution in [2.75, 3.05) is 11.9 Å². The maximum Gasteiger partial charge on any atom is 0.322 e. The number of urea groups is 1. The number of hydrogen-bond donors (Lipinski definition) is 1. The zero-order valence-electron chi connectivity index (χ0n) is 14.4. The van der Waals surface area contributed by atoms with Crippen LogP contribution in [-0.2, 0) is 13.0 Å². The molecule has 0 spiro atoms. The predicted molar refractivity (Wildman–Crippen MR) is 102 cm³/mol. The van der Waals surface area contributed by atoms with Gasteiger partial charge >= 0.3 is 6.03 Å². The first-order valence-corrected chi connectivity index (χ1v) is 9.84. The van der Waals surface area contributed by atoms with Gasteiger partial charge in [0.15, 0.2) is 5.82 Å². The first-order chi connectivity index (χ1) is 12.6. The van der Waals surface area contributed by atoms with Crippen LogP contribution in [0.25, 0.3) is 0 Å². The summed E-state index contributed by atoms with van der Waals surface area (Å²) in [5.74, 6) is 1.97. The monoisotopic (exact) mass is 393 g/mol. The fourth-order valence-electron chi connectivity index (χ4n) is 3.80. The zero-order valence-corrected chi connectivity index (χ0v) is 15.9. The van der Waals surface area contributed by atoms with Gasteiger partial charge in [-0.3, -0.25) is 0 Å². The molecule has 138 valence electrons. The number of nitrogens with zero attached hydrogens (tertiary/aromatic N) is 4. The first-order valence-electron chi connectivity index (χ1n) is 9.08. The molecule has 0 unspecified atom stereocenters.